The van der Waals surface area contributed by atoms with Crippen LogP contribution in [0.4, 0.5) is 8.78 Å². The van der Waals surface area contributed by atoms with Crippen molar-refractivity contribution in [3.05, 3.63) is 0 Å². The summed E-state index contributed by atoms with van der Waals surface area (Å²) in [6, 6.07) is 0. The SMILES string of the molecule is O=C(O)CON1CCC(F)(F)C1. The Morgan fingerprint density at radius 1 is 1.67 bits per heavy atom. The first-order valence-corrected chi connectivity index (χ1v) is 3.47. The number of hydroxylamine groups is 2. The van der Waals surface area contributed by atoms with Gasteiger partial charge in [0.2, 0.25) is 0 Å². The van der Waals surface area contributed by atoms with Crippen molar-refractivity contribution in [1.82, 2.24) is 5.06 Å². The Bertz CT molecular complexity index is 186. The minimum atomic E-state index is -2.74. The van der Waals surface area contributed by atoms with E-state index in [1.807, 2.05) is 0 Å². The lowest BCUT2D eigenvalue weighted by molar-refractivity contribution is -0.180. The molecule has 1 heterocycles. The van der Waals surface area contributed by atoms with E-state index >= 15 is 0 Å². The van der Waals surface area contributed by atoms with Crippen LogP contribution in [0.25, 0.3) is 0 Å². The van der Waals surface area contributed by atoms with Crippen LogP contribution in [0.5, 0.6) is 0 Å². The molecule has 1 saturated heterocycles. The molecule has 70 valence electrons. The molecule has 1 aliphatic rings. The summed E-state index contributed by atoms with van der Waals surface area (Å²) < 4.78 is 24.9. The predicted molar refractivity (Wildman–Crippen MR) is 34.7 cm³/mol. The summed E-state index contributed by atoms with van der Waals surface area (Å²) in [6.07, 6.45) is -0.271. The third kappa shape index (κ3) is 2.71. The average molecular weight is 181 g/mol. The first-order chi connectivity index (χ1) is 5.49. The van der Waals surface area contributed by atoms with E-state index < -0.39 is 25.0 Å². The second kappa shape index (κ2) is 3.32. The number of rotatable bonds is 3. The average Bonchev–Trinajstić information content (AvgIpc) is 2.26. The van der Waals surface area contributed by atoms with E-state index in [2.05, 4.69) is 4.84 Å². The van der Waals surface area contributed by atoms with Crippen LogP contribution in [0, 0.1) is 0 Å². The molecule has 0 amide bonds. The molecule has 0 aromatic rings. The standard InChI is InChI=1S/C6H9F2NO3/c7-6(8)1-2-9(4-6)12-3-5(10)11/h1-4H2,(H,10,11). The van der Waals surface area contributed by atoms with Crippen molar-refractivity contribution in [2.45, 2.75) is 12.3 Å². The molecular weight excluding hydrogens is 172 g/mol. The molecule has 0 aromatic heterocycles. The van der Waals surface area contributed by atoms with Crippen molar-refractivity contribution in [1.29, 1.82) is 0 Å². The number of aliphatic carboxylic acids is 1. The van der Waals surface area contributed by atoms with Crippen molar-refractivity contribution < 1.29 is 23.5 Å². The topological polar surface area (TPSA) is 49.8 Å². The Labute approximate surface area is 67.7 Å². The molecule has 1 fully saturated rings. The molecular formula is C6H9F2NO3. The van der Waals surface area contributed by atoms with Crippen molar-refractivity contribution in [3.63, 3.8) is 0 Å². The van der Waals surface area contributed by atoms with Crippen LogP contribution in [0.3, 0.4) is 0 Å². The van der Waals surface area contributed by atoms with Gasteiger partial charge >= 0.3 is 5.97 Å². The van der Waals surface area contributed by atoms with E-state index in [1.54, 1.807) is 0 Å². The minimum Gasteiger partial charge on any atom is -0.479 e. The Hall–Kier alpha value is -0.750. The molecule has 0 spiro atoms. The Morgan fingerprint density at radius 2 is 2.33 bits per heavy atom. The van der Waals surface area contributed by atoms with E-state index in [9.17, 15) is 13.6 Å². The van der Waals surface area contributed by atoms with Gasteiger partial charge < -0.3 is 5.11 Å². The van der Waals surface area contributed by atoms with Crippen molar-refractivity contribution in [2.24, 2.45) is 0 Å². The zero-order valence-electron chi connectivity index (χ0n) is 6.30. The Balaban J connectivity index is 2.24. The molecule has 0 aromatic carbocycles. The molecule has 0 unspecified atom stereocenters. The number of carboxylic acid groups (broad SMARTS) is 1. The van der Waals surface area contributed by atoms with Crippen LogP contribution in [0.15, 0.2) is 0 Å². The molecule has 1 aliphatic heterocycles. The fraction of sp³-hybridized carbons (Fsp3) is 0.833. The van der Waals surface area contributed by atoms with Gasteiger partial charge in [-0.2, -0.15) is 5.06 Å². The minimum absolute atomic E-state index is 0.0836. The maximum absolute atomic E-state index is 12.4. The molecule has 12 heavy (non-hydrogen) atoms. The first kappa shape index (κ1) is 9.34. The summed E-state index contributed by atoms with van der Waals surface area (Å²) in [6.45, 7) is -0.989. The molecule has 0 saturated carbocycles. The highest BCUT2D eigenvalue weighted by Crippen LogP contribution is 2.26. The lowest BCUT2D eigenvalue weighted by Crippen LogP contribution is -2.27. The van der Waals surface area contributed by atoms with Crippen LogP contribution in [-0.2, 0) is 9.63 Å². The molecule has 0 radical (unpaired) electrons. The maximum Gasteiger partial charge on any atom is 0.331 e. The third-order valence-electron chi connectivity index (χ3n) is 1.51. The van der Waals surface area contributed by atoms with Gasteiger partial charge in [-0.15, -0.1) is 0 Å². The molecule has 4 nitrogen and oxygen atoms in total. The van der Waals surface area contributed by atoms with E-state index in [0.717, 1.165) is 5.06 Å². The van der Waals surface area contributed by atoms with Gasteiger partial charge in [0.05, 0.1) is 6.54 Å². The molecule has 0 aliphatic carbocycles. The van der Waals surface area contributed by atoms with Gasteiger partial charge in [-0.05, 0) is 0 Å². The van der Waals surface area contributed by atoms with Crippen molar-refractivity contribution in [2.75, 3.05) is 19.7 Å². The van der Waals surface area contributed by atoms with E-state index in [-0.39, 0.29) is 13.0 Å². The summed E-state index contributed by atoms with van der Waals surface area (Å²) in [5, 5.41) is 9.15. The lowest BCUT2D eigenvalue weighted by atomic mass is 10.3. The number of halogens is 2. The van der Waals surface area contributed by atoms with Gasteiger partial charge in [0.15, 0.2) is 6.61 Å². The third-order valence-corrected chi connectivity index (χ3v) is 1.51. The number of nitrogens with zero attached hydrogens (tertiary/aromatic N) is 1. The smallest absolute Gasteiger partial charge is 0.331 e. The summed E-state index contributed by atoms with van der Waals surface area (Å²) in [5.41, 5.74) is 0. The molecule has 0 atom stereocenters. The van der Waals surface area contributed by atoms with Crippen LogP contribution in [0.1, 0.15) is 6.42 Å². The highest BCUT2D eigenvalue weighted by molar-refractivity contribution is 5.67. The van der Waals surface area contributed by atoms with Crippen LogP contribution in [0.2, 0.25) is 0 Å². The lowest BCUT2D eigenvalue weighted by Gasteiger charge is -2.13. The quantitative estimate of drug-likeness (QED) is 0.682. The maximum atomic E-state index is 12.4. The van der Waals surface area contributed by atoms with Crippen molar-refractivity contribution >= 4 is 5.97 Å². The number of hydrogen-bond acceptors (Lipinski definition) is 3. The second-order valence-corrected chi connectivity index (χ2v) is 2.64. The normalized spacial score (nSPS) is 22.8. The number of hydrogen-bond donors (Lipinski definition) is 1. The number of carbonyl (C=O) groups is 1. The van der Waals surface area contributed by atoms with E-state index in [0.29, 0.717) is 0 Å². The summed E-state index contributed by atoms with van der Waals surface area (Å²) in [4.78, 5) is 14.5. The summed E-state index contributed by atoms with van der Waals surface area (Å²) >= 11 is 0. The fourth-order valence-electron chi connectivity index (χ4n) is 0.961. The van der Waals surface area contributed by atoms with Crippen LogP contribution in [-0.4, -0.2) is 41.8 Å². The van der Waals surface area contributed by atoms with Gasteiger partial charge in [0.1, 0.15) is 0 Å². The Kier molecular flexibility index (Phi) is 2.58. The van der Waals surface area contributed by atoms with Gasteiger partial charge in [-0.25, -0.2) is 13.6 Å². The van der Waals surface area contributed by atoms with E-state index in [4.69, 9.17) is 5.11 Å². The van der Waals surface area contributed by atoms with Gasteiger partial charge in [-0.1, -0.05) is 0 Å². The van der Waals surface area contributed by atoms with Gasteiger partial charge in [0.25, 0.3) is 5.92 Å². The highest BCUT2D eigenvalue weighted by Gasteiger charge is 2.39. The predicted octanol–water partition coefficient (Wildman–Crippen LogP) is 0.344. The summed E-state index contributed by atoms with van der Waals surface area (Å²) in [5.74, 6) is -3.90. The van der Waals surface area contributed by atoms with Crippen molar-refractivity contribution in [3.8, 4) is 0 Å². The van der Waals surface area contributed by atoms with Crippen LogP contribution >= 0.6 is 0 Å². The molecule has 1 N–H and O–H groups in total. The zero-order valence-corrected chi connectivity index (χ0v) is 6.30. The van der Waals surface area contributed by atoms with Crippen LogP contribution < -0.4 is 0 Å². The van der Waals surface area contributed by atoms with Gasteiger partial charge in [-0.3, -0.25) is 4.84 Å². The first-order valence-electron chi connectivity index (χ1n) is 3.47. The number of carboxylic acids is 1. The molecule has 6 heteroatoms. The summed E-state index contributed by atoms with van der Waals surface area (Å²) in [7, 11) is 0. The monoisotopic (exact) mass is 181 g/mol. The fourth-order valence-corrected chi connectivity index (χ4v) is 0.961. The van der Waals surface area contributed by atoms with Gasteiger partial charge in [0, 0.05) is 13.0 Å². The molecule has 0 bridgehead atoms. The molecule has 1 rings (SSSR count). The second-order valence-electron chi connectivity index (χ2n) is 2.64. The highest BCUT2D eigenvalue weighted by atomic mass is 19.3. The zero-order chi connectivity index (χ0) is 9.19. The van der Waals surface area contributed by atoms with E-state index in [1.165, 1.54) is 0 Å². The largest absolute Gasteiger partial charge is 0.479 e. The number of alkyl halides is 2. The Morgan fingerprint density at radius 3 is 2.75 bits per heavy atom.